The second-order valence-corrected chi connectivity index (χ2v) is 7.09. The lowest BCUT2D eigenvalue weighted by molar-refractivity contribution is 0.0924. The number of likely N-dealkylation sites (tertiary alicyclic amines) is 1. The second-order valence-electron chi connectivity index (χ2n) is 7.09. The maximum absolute atomic E-state index is 3.85. The molecule has 0 aromatic carbocycles. The summed E-state index contributed by atoms with van der Waals surface area (Å²) in [5.74, 6) is 2.96. The number of hydrogen-bond acceptors (Lipinski definition) is 2. The van der Waals surface area contributed by atoms with Gasteiger partial charge in [-0.05, 0) is 63.3 Å². The van der Waals surface area contributed by atoms with Crippen LogP contribution in [-0.2, 0) is 0 Å². The van der Waals surface area contributed by atoms with Gasteiger partial charge < -0.3 is 5.32 Å². The zero-order valence-corrected chi connectivity index (χ0v) is 12.2. The molecule has 3 fully saturated rings. The van der Waals surface area contributed by atoms with Crippen molar-refractivity contribution in [2.45, 2.75) is 64.5 Å². The molecular weight excluding hydrogens is 220 g/mol. The van der Waals surface area contributed by atoms with Gasteiger partial charge in [-0.2, -0.15) is 0 Å². The molecule has 2 heteroatoms. The Morgan fingerprint density at radius 3 is 2.50 bits per heavy atom. The first-order valence-electron chi connectivity index (χ1n) is 8.23. The minimum Gasteiger partial charge on any atom is -0.312 e. The highest BCUT2D eigenvalue weighted by molar-refractivity contribution is 4.92. The fourth-order valence-corrected chi connectivity index (χ4v) is 3.55. The minimum absolute atomic E-state index is 0.769. The van der Waals surface area contributed by atoms with Crippen LogP contribution >= 0.6 is 0 Å². The molecule has 0 aromatic heterocycles. The summed E-state index contributed by atoms with van der Waals surface area (Å²) in [7, 11) is 0. The van der Waals surface area contributed by atoms with E-state index in [1.165, 1.54) is 58.2 Å². The molecule has 2 saturated carbocycles. The minimum atomic E-state index is 0.769. The lowest BCUT2D eigenvalue weighted by Gasteiger charge is -2.41. The number of nitrogens with zero attached hydrogens (tertiary/aromatic N) is 1. The van der Waals surface area contributed by atoms with E-state index in [2.05, 4.69) is 24.1 Å². The molecule has 3 aliphatic rings. The Kier molecular flexibility index (Phi) is 3.95. The second kappa shape index (κ2) is 5.50. The zero-order valence-electron chi connectivity index (χ0n) is 12.2. The third-order valence-electron chi connectivity index (χ3n) is 5.42. The molecule has 1 heterocycles. The highest BCUT2D eigenvalue weighted by Gasteiger charge is 2.36. The SMILES string of the molecule is CCC1CC(NCC2CC2)CN(C(C)C2CC2)C1. The fraction of sp³-hybridized carbons (Fsp3) is 1.00. The molecule has 3 atom stereocenters. The van der Waals surface area contributed by atoms with Crippen molar-refractivity contribution in [1.82, 2.24) is 10.2 Å². The standard InChI is InChI=1S/C16H30N2/c1-3-13-8-16(17-9-14-4-5-14)11-18(10-13)12(2)15-6-7-15/h12-17H,3-11H2,1-2H3. The van der Waals surface area contributed by atoms with Crippen molar-refractivity contribution in [2.75, 3.05) is 19.6 Å². The lowest BCUT2D eigenvalue weighted by Crippen LogP contribution is -2.52. The van der Waals surface area contributed by atoms with E-state index >= 15 is 0 Å². The summed E-state index contributed by atoms with van der Waals surface area (Å²) >= 11 is 0. The molecule has 0 bridgehead atoms. The Balaban J connectivity index is 1.52. The molecule has 0 spiro atoms. The summed E-state index contributed by atoms with van der Waals surface area (Å²) in [5.41, 5.74) is 0. The van der Waals surface area contributed by atoms with E-state index in [-0.39, 0.29) is 0 Å². The van der Waals surface area contributed by atoms with Crippen molar-refractivity contribution in [3.05, 3.63) is 0 Å². The molecule has 0 aromatic rings. The monoisotopic (exact) mass is 250 g/mol. The average molecular weight is 250 g/mol. The summed E-state index contributed by atoms with van der Waals surface area (Å²) in [5, 5.41) is 3.85. The van der Waals surface area contributed by atoms with E-state index in [0.29, 0.717) is 0 Å². The van der Waals surface area contributed by atoms with E-state index in [4.69, 9.17) is 0 Å². The van der Waals surface area contributed by atoms with Gasteiger partial charge in [0.1, 0.15) is 0 Å². The first-order valence-corrected chi connectivity index (χ1v) is 8.23. The number of rotatable bonds is 6. The zero-order chi connectivity index (χ0) is 12.5. The predicted molar refractivity (Wildman–Crippen MR) is 76.7 cm³/mol. The highest BCUT2D eigenvalue weighted by atomic mass is 15.2. The topological polar surface area (TPSA) is 15.3 Å². The molecule has 2 nitrogen and oxygen atoms in total. The van der Waals surface area contributed by atoms with Gasteiger partial charge in [-0.1, -0.05) is 13.3 Å². The first-order chi connectivity index (χ1) is 8.76. The Morgan fingerprint density at radius 1 is 1.11 bits per heavy atom. The number of piperidine rings is 1. The molecule has 1 N–H and O–H groups in total. The van der Waals surface area contributed by atoms with Crippen LogP contribution in [0.25, 0.3) is 0 Å². The van der Waals surface area contributed by atoms with Crippen molar-refractivity contribution in [3.8, 4) is 0 Å². The van der Waals surface area contributed by atoms with Gasteiger partial charge in [0.05, 0.1) is 0 Å². The molecule has 104 valence electrons. The molecule has 0 amide bonds. The van der Waals surface area contributed by atoms with Gasteiger partial charge in [0, 0.05) is 25.2 Å². The maximum atomic E-state index is 3.85. The van der Waals surface area contributed by atoms with Crippen LogP contribution in [-0.4, -0.2) is 36.6 Å². The largest absolute Gasteiger partial charge is 0.312 e. The van der Waals surface area contributed by atoms with Crippen LogP contribution in [0.3, 0.4) is 0 Å². The average Bonchev–Trinajstić information content (AvgIpc) is 3.28. The van der Waals surface area contributed by atoms with Crippen molar-refractivity contribution < 1.29 is 0 Å². The van der Waals surface area contributed by atoms with Gasteiger partial charge in [0.15, 0.2) is 0 Å². The van der Waals surface area contributed by atoms with Crippen LogP contribution in [0.15, 0.2) is 0 Å². The Labute approximate surface area is 113 Å². The van der Waals surface area contributed by atoms with E-state index in [1.807, 2.05) is 0 Å². The van der Waals surface area contributed by atoms with Crippen molar-refractivity contribution >= 4 is 0 Å². The molecule has 18 heavy (non-hydrogen) atoms. The normalized spacial score (nSPS) is 35.7. The van der Waals surface area contributed by atoms with Gasteiger partial charge in [0.25, 0.3) is 0 Å². The van der Waals surface area contributed by atoms with Crippen molar-refractivity contribution in [3.63, 3.8) is 0 Å². The van der Waals surface area contributed by atoms with Gasteiger partial charge in [0.2, 0.25) is 0 Å². The number of nitrogens with one attached hydrogen (secondary N) is 1. The summed E-state index contributed by atoms with van der Waals surface area (Å²) in [6.07, 6.45) is 8.67. The molecule has 1 saturated heterocycles. The van der Waals surface area contributed by atoms with E-state index in [9.17, 15) is 0 Å². The van der Waals surface area contributed by atoms with Crippen molar-refractivity contribution in [2.24, 2.45) is 17.8 Å². The molecule has 3 unspecified atom stereocenters. The summed E-state index contributed by atoms with van der Waals surface area (Å²) in [6, 6.07) is 1.61. The van der Waals surface area contributed by atoms with Crippen LogP contribution < -0.4 is 5.32 Å². The van der Waals surface area contributed by atoms with Gasteiger partial charge >= 0.3 is 0 Å². The third-order valence-corrected chi connectivity index (χ3v) is 5.42. The Hall–Kier alpha value is -0.0800. The Morgan fingerprint density at radius 2 is 1.89 bits per heavy atom. The highest BCUT2D eigenvalue weighted by Crippen LogP contribution is 2.37. The Bertz CT molecular complexity index is 270. The van der Waals surface area contributed by atoms with E-state index < -0.39 is 0 Å². The third kappa shape index (κ3) is 3.27. The van der Waals surface area contributed by atoms with Crippen LogP contribution in [0, 0.1) is 17.8 Å². The van der Waals surface area contributed by atoms with Gasteiger partial charge in [-0.15, -0.1) is 0 Å². The lowest BCUT2D eigenvalue weighted by atomic mass is 9.90. The summed E-state index contributed by atoms with van der Waals surface area (Å²) in [6.45, 7) is 8.78. The van der Waals surface area contributed by atoms with Crippen LogP contribution in [0.2, 0.25) is 0 Å². The quantitative estimate of drug-likeness (QED) is 0.780. The predicted octanol–water partition coefficient (Wildman–Crippen LogP) is 2.89. The smallest absolute Gasteiger partial charge is 0.0198 e. The molecule has 2 aliphatic carbocycles. The van der Waals surface area contributed by atoms with Gasteiger partial charge in [-0.25, -0.2) is 0 Å². The van der Waals surface area contributed by atoms with Crippen LogP contribution in [0.5, 0.6) is 0 Å². The maximum Gasteiger partial charge on any atom is 0.0198 e. The molecule has 3 rings (SSSR count). The first kappa shape index (κ1) is 12.9. The summed E-state index contributed by atoms with van der Waals surface area (Å²) in [4.78, 5) is 2.79. The molecular formula is C16H30N2. The molecule has 0 radical (unpaired) electrons. The number of hydrogen-bond donors (Lipinski definition) is 1. The van der Waals surface area contributed by atoms with E-state index in [0.717, 1.165) is 29.8 Å². The van der Waals surface area contributed by atoms with E-state index in [1.54, 1.807) is 0 Å². The van der Waals surface area contributed by atoms with Crippen LogP contribution in [0.4, 0.5) is 0 Å². The van der Waals surface area contributed by atoms with Crippen LogP contribution in [0.1, 0.15) is 52.4 Å². The molecule has 1 aliphatic heterocycles. The van der Waals surface area contributed by atoms with Gasteiger partial charge in [-0.3, -0.25) is 4.90 Å². The fourth-order valence-electron chi connectivity index (χ4n) is 3.55. The summed E-state index contributed by atoms with van der Waals surface area (Å²) < 4.78 is 0. The van der Waals surface area contributed by atoms with Crippen molar-refractivity contribution in [1.29, 1.82) is 0 Å².